The van der Waals surface area contributed by atoms with Crippen LogP contribution in [0.15, 0.2) is 24.3 Å². The molecule has 0 spiro atoms. The van der Waals surface area contributed by atoms with Crippen LogP contribution in [-0.4, -0.2) is 0 Å². The van der Waals surface area contributed by atoms with Gasteiger partial charge in [0.25, 0.3) is 0 Å². The van der Waals surface area contributed by atoms with Gasteiger partial charge >= 0.3 is 0 Å². The van der Waals surface area contributed by atoms with Gasteiger partial charge in [-0.3, -0.25) is 0 Å². The smallest absolute Gasteiger partial charge is 0.128 e. The summed E-state index contributed by atoms with van der Waals surface area (Å²) in [6.07, 6.45) is 0. The van der Waals surface area contributed by atoms with Gasteiger partial charge in [0, 0.05) is 11.6 Å². The fourth-order valence-electron chi connectivity index (χ4n) is 0.826. The number of hydrogen-bond donors (Lipinski definition) is 0. The number of benzene rings is 1. The first-order valence-electron chi connectivity index (χ1n) is 3.17. The Morgan fingerprint density at radius 2 is 2.00 bits per heavy atom. The highest BCUT2D eigenvalue weighted by Crippen LogP contribution is 2.13. The van der Waals surface area contributed by atoms with Gasteiger partial charge in [-0.25, -0.2) is 10.1 Å². The van der Waals surface area contributed by atoms with Crippen LogP contribution in [0, 0.1) is 5.82 Å². The summed E-state index contributed by atoms with van der Waals surface area (Å²) in [6, 6.07) is 5.90. The number of hydrogen-bond acceptors (Lipinski definition) is 0. The van der Waals surface area contributed by atoms with Gasteiger partial charge in [-0.1, -0.05) is 18.2 Å². The zero-order valence-electron chi connectivity index (χ0n) is 5.76. The molecular weight excluding hydrogens is 129 g/mol. The van der Waals surface area contributed by atoms with Crippen LogP contribution in [0.2, 0.25) is 0 Å². The van der Waals surface area contributed by atoms with Crippen LogP contribution in [0.25, 0.3) is 0 Å². The maximum atomic E-state index is 12.7. The minimum Gasteiger partial charge on any atom is -0.250 e. The summed E-state index contributed by atoms with van der Waals surface area (Å²) < 4.78 is 12.7. The van der Waals surface area contributed by atoms with Gasteiger partial charge in [0.15, 0.2) is 0 Å². The summed E-state index contributed by atoms with van der Waals surface area (Å²) in [5.74, 6) is -0.287. The van der Waals surface area contributed by atoms with E-state index in [1.54, 1.807) is 25.1 Å². The van der Waals surface area contributed by atoms with Crippen molar-refractivity contribution in [2.24, 2.45) is 0 Å². The average Bonchev–Trinajstić information content (AvgIpc) is 1.88. The Morgan fingerprint density at radius 3 is 2.40 bits per heavy atom. The molecule has 1 nitrogen and oxygen atoms in total. The van der Waals surface area contributed by atoms with Crippen LogP contribution in [0.3, 0.4) is 0 Å². The molecule has 10 heavy (non-hydrogen) atoms. The number of nitrogens with one attached hydrogen (secondary N) is 1. The molecule has 1 rings (SSSR count). The van der Waals surface area contributed by atoms with E-state index in [4.69, 9.17) is 5.73 Å². The molecule has 0 aliphatic heterocycles. The molecule has 0 amide bonds. The molecule has 0 saturated heterocycles. The molecule has 1 aromatic rings. The summed E-state index contributed by atoms with van der Waals surface area (Å²) in [4.78, 5) is 0. The van der Waals surface area contributed by atoms with Crippen LogP contribution >= 0.6 is 0 Å². The molecule has 1 aromatic carbocycles. The van der Waals surface area contributed by atoms with Crippen molar-refractivity contribution in [3.05, 3.63) is 35.6 Å². The first-order chi connectivity index (χ1) is 4.72. The summed E-state index contributed by atoms with van der Waals surface area (Å²) >= 11 is 0. The van der Waals surface area contributed by atoms with E-state index < -0.39 is 6.04 Å². The summed E-state index contributed by atoms with van der Waals surface area (Å²) in [5.41, 5.74) is 7.68. The van der Waals surface area contributed by atoms with E-state index in [1.807, 2.05) is 0 Å². The van der Waals surface area contributed by atoms with E-state index in [0.717, 1.165) is 0 Å². The first kappa shape index (κ1) is 7.22. The lowest BCUT2D eigenvalue weighted by Crippen LogP contribution is -1.96. The average molecular weight is 138 g/mol. The normalized spacial score (nSPS) is 13.1. The summed E-state index contributed by atoms with van der Waals surface area (Å²) in [5, 5.41) is 0. The van der Waals surface area contributed by atoms with Crippen molar-refractivity contribution in [3.8, 4) is 0 Å². The molecule has 1 atom stereocenters. The first-order valence-corrected chi connectivity index (χ1v) is 3.17. The van der Waals surface area contributed by atoms with Gasteiger partial charge in [-0.05, 0) is 13.0 Å². The van der Waals surface area contributed by atoms with Gasteiger partial charge in [-0.2, -0.15) is 0 Å². The van der Waals surface area contributed by atoms with E-state index in [0.29, 0.717) is 5.56 Å². The Kier molecular flexibility index (Phi) is 2.02. The second kappa shape index (κ2) is 2.80. The molecule has 1 N–H and O–H groups in total. The molecule has 0 heterocycles. The second-order valence-electron chi connectivity index (χ2n) is 2.24. The fourth-order valence-corrected chi connectivity index (χ4v) is 0.826. The van der Waals surface area contributed by atoms with Gasteiger partial charge in [-0.15, -0.1) is 0 Å². The van der Waals surface area contributed by atoms with E-state index in [1.165, 1.54) is 6.07 Å². The van der Waals surface area contributed by atoms with Crippen molar-refractivity contribution in [1.82, 2.24) is 5.73 Å². The third kappa shape index (κ3) is 1.33. The Morgan fingerprint density at radius 1 is 1.40 bits per heavy atom. The van der Waals surface area contributed by atoms with Crippen molar-refractivity contribution in [2.45, 2.75) is 13.0 Å². The molecule has 53 valence electrons. The monoisotopic (exact) mass is 138 g/mol. The third-order valence-electron chi connectivity index (χ3n) is 1.37. The van der Waals surface area contributed by atoms with Crippen LogP contribution in [0.5, 0.6) is 0 Å². The number of rotatable bonds is 1. The van der Waals surface area contributed by atoms with Gasteiger partial charge in [0.1, 0.15) is 5.82 Å². The third-order valence-corrected chi connectivity index (χ3v) is 1.37. The SMILES string of the molecule is C[C@@H]([NH])c1ccccc1F. The number of halogens is 1. The highest BCUT2D eigenvalue weighted by atomic mass is 19.1. The Bertz CT molecular complexity index is 220. The Labute approximate surface area is 59.7 Å². The van der Waals surface area contributed by atoms with Gasteiger partial charge < -0.3 is 0 Å². The highest BCUT2D eigenvalue weighted by Gasteiger charge is 2.03. The Hall–Kier alpha value is -0.890. The lowest BCUT2D eigenvalue weighted by atomic mass is 10.1. The van der Waals surface area contributed by atoms with E-state index in [-0.39, 0.29) is 5.82 Å². The predicted octanol–water partition coefficient (Wildman–Crippen LogP) is 2.17. The minimum absolute atomic E-state index is 0.287. The molecule has 2 heteroatoms. The maximum Gasteiger partial charge on any atom is 0.128 e. The van der Waals surface area contributed by atoms with Gasteiger partial charge in [0.05, 0.1) is 0 Å². The molecule has 0 aromatic heterocycles. The molecule has 0 saturated carbocycles. The molecular formula is C8H9FN. The van der Waals surface area contributed by atoms with Gasteiger partial charge in [0.2, 0.25) is 0 Å². The van der Waals surface area contributed by atoms with E-state index >= 15 is 0 Å². The van der Waals surface area contributed by atoms with Crippen molar-refractivity contribution < 1.29 is 4.39 Å². The van der Waals surface area contributed by atoms with Crippen molar-refractivity contribution in [1.29, 1.82) is 0 Å². The highest BCUT2D eigenvalue weighted by molar-refractivity contribution is 5.19. The van der Waals surface area contributed by atoms with E-state index in [2.05, 4.69) is 0 Å². The molecule has 0 fully saturated rings. The Balaban J connectivity index is 3.03. The standard InChI is InChI=1S/C8H9FN/c1-6(10)7-4-2-3-5-8(7)9/h2-6,10H,1H3/t6-/m1/s1. The predicted molar refractivity (Wildman–Crippen MR) is 37.9 cm³/mol. The molecule has 0 aliphatic rings. The molecule has 0 aliphatic carbocycles. The van der Waals surface area contributed by atoms with Crippen molar-refractivity contribution in [2.75, 3.05) is 0 Å². The van der Waals surface area contributed by atoms with E-state index in [9.17, 15) is 4.39 Å². The quantitative estimate of drug-likeness (QED) is 0.568. The zero-order chi connectivity index (χ0) is 7.56. The second-order valence-corrected chi connectivity index (χ2v) is 2.24. The molecule has 0 unspecified atom stereocenters. The van der Waals surface area contributed by atoms with Crippen molar-refractivity contribution >= 4 is 0 Å². The lowest BCUT2D eigenvalue weighted by Gasteiger charge is -2.03. The zero-order valence-corrected chi connectivity index (χ0v) is 5.76. The summed E-state index contributed by atoms with van der Waals surface area (Å²) in [7, 11) is 0. The van der Waals surface area contributed by atoms with Crippen LogP contribution in [0.1, 0.15) is 18.5 Å². The summed E-state index contributed by atoms with van der Waals surface area (Å²) in [6.45, 7) is 1.65. The topological polar surface area (TPSA) is 23.8 Å². The van der Waals surface area contributed by atoms with Crippen LogP contribution < -0.4 is 5.73 Å². The largest absolute Gasteiger partial charge is 0.250 e. The van der Waals surface area contributed by atoms with Crippen molar-refractivity contribution in [3.63, 3.8) is 0 Å². The minimum atomic E-state index is -0.471. The van der Waals surface area contributed by atoms with Crippen LogP contribution in [-0.2, 0) is 0 Å². The molecule has 0 bridgehead atoms. The lowest BCUT2D eigenvalue weighted by molar-refractivity contribution is 0.590. The fraction of sp³-hybridized carbons (Fsp3) is 0.250. The van der Waals surface area contributed by atoms with Crippen LogP contribution in [0.4, 0.5) is 4.39 Å². The maximum absolute atomic E-state index is 12.7. The molecule has 1 radical (unpaired) electrons.